The number of thiazole rings is 1. The van der Waals surface area contributed by atoms with Gasteiger partial charge in [0.25, 0.3) is 5.91 Å². The third kappa shape index (κ3) is 3.61. The lowest BCUT2D eigenvalue weighted by Gasteiger charge is -2.28. The van der Waals surface area contributed by atoms with Crippen LogP contribution in [0.4, 0.5) is 10.8 Å². The van der Waals surface area contributed by atoms with Crippen molar-refractivity contribution >= 4 is 49.9 Å². The van der Waals surface area contributed by atoms with E-state index in [9.17, 15) is 4.79 Å². The molecule has 128 valence electrons. The van der Waals surface area contributed by atoms with Crippen molar-refractivity contribution in [2.45, 2.75) is 0 Å². The minimum Gasteiger partial charge on any atom is -0.378 e. The van der Waals surface area contributed by atoms with E-state index >= 15 is 0 Å². The Labute approximate surface area is 154 Å². The number of carbonyl (C=O) groups is 1. The first-order valence-corrected chi connectivity index (χ1v) is 9.19. The average molecular weight is 374 g/mol. The summed E-state index contributed by atoms with van der Waals surface area (Å²) in [4.78, 5) is 19.1. The van der Waals surface area contributed by atoms with Crippen LogP contribution < -0.4 is 10.2 Å². The summed E-state index contributed by atoms with van der Waals surface area (Å²) in [5.41, 5.74) is 2.54. The van der Waals surface area contributed by atoms with Gasteiger partial charge in [-0.1, -0.05) is 22.9 Å². The van der Waals surface area contributed by atoms with E-state index in [0.29, 0.717) is 15.7 Å². The highest BCUT2D eigenvalue weighted by Gasteiger charge is 2.13. The van der Waals surface area contributed by atoms with Crippen molar-refractivity contribution in [1.82, 2.24) is 4.98 Å². The van der Waals surface area contributed by atoms with Crippen LogP contribution in [-0.2, 0) is 4.74 Å². The number of amides is 1. The van der Waals surface area contributed by atoms with Crippen LogP contribution in [0.1, 0.15) is 10.4 Å². The predicted octanol–water partition coefficient (Wildman–Crippen LogP) is 4.04. The summed E-state index contributed by atoms with van der Waals surface area (Å²) in [7, 11) is 0. The van der Waals surface area contributed by atoms with Crippen LogP contribution in [0.2, 0.25) is 5.02 Å². The second kappa shape index (κ2) is 7.00. The molecule has 1 saturated heterocycles. The molecule has 0 saturated carbocycles. The molecule has 0 radical (unpaired) electrons. The van der Waals surface area contributed by atoms with Crippen molar-refractivity contribution in [2.75, 3.05) is 36.5 Å². The zero-order valence-electron chi connectivity index (χ0n) is 13.4. The molecular formula is C18H16ClN3O2S. The Kier molecular flexibility index (Phi) is 4.57. The number of hydrogen-bond donors (Lipinski definition) is 1. The summed E-state index contributed by atoms with van der Waals surface area (Å²) in [6.45, 7) is 3.23. The smallest absolute Gasteiger partial charge is 0.257 e. The normalized spacial score (nSPS) is 14.7. The zero-order chi connectivity index (χ0) is 17.2. The number of benzene rings is 2. The van der Waals surface area contributed by atoms with Gasteiger partial charge in [0.05, 0.1) is 23.4 Å². The maximum atomic E-state index is 12.4. The molecule has 2 heterocycles. The summed E-state index contributed by atoms with van der Waals surface area (Å²) in [6.07, 6.45) is 0. The Morgan fingerprint density at radius 1 is 1.16 bits per heavy atom. The summed E-state index contributed by atoms with van der Waals surface area (Å²) < 4.78 is 6.31. The molecule has 0 unspecified atom stereocenters. The summed E-state index contributed by atoms with van der Waals surface area (Å²) in [6, 6.07) is 13.1. The molecular weight excluding hydrogens is 358 g/mol. The van der Waals surface area contributed by atoms with Crippen LogP contribution in [0.15, 0.2) is 42.5 Å². The lowest BCUT2D eigenvalue weighted by Crippen LogP contribution is -2.36. The molecule has 3 aromatic rings. The minimum absolute atomic E-state index is 0.168. The summed E-state index contributed by atoms with van der Waals surface area (Å²) >= 11 is 7.40. The van der Waals surface area contributed by atoms with E-state index in [4.69, 9.17) is 16.3 Å². The number of nitrogens with zero attached hydrogens (tertiary/aromatic N) is 2. The Morgan fingerprint density at radius 2 is 1.92 bits per heavy atom. The molecule has 0 aliphatic carbocycles. The van der Waals surface area contributed by atoms with E-state index in [1.165, 1.54) is 11.3 Å². The number of aromatic nitrogens is 1. The molecule has 0 spiro atoms. The Bertz CT molecular complexity index is 904. The highest BCUT2D eigenvalue weighted by Crippen LogP contribution is 2.28. The molecule has 5 nitrogen and oxygen atoms in total. The lowest BCUT2D eigenvalue weighted by atomic mass is 10.2. The molecule has 0 bridgehead atoms. The molecule has 0 atom stereocenters. The van der Waals surface area contributed by atoms with Gasteiger partial charge in [0.15, 0.2) is 5.13 Å². The quantitative estimate of drug-likeness (QED) is 0.752. The highest BCUT2D eigenvalue weighted by atomic mass is 35.5. The van der Waals surface area contributed by atoms with Gasteiger partial charge < -0.3 is 9.64 Å². The first kappa shape index (κ1) is 16.3. The SMILES string of the molecule is O=C(Nc1nc2ccc(Cl)cc2s1)c1ccc(N2CCOCC2)cc1. The number of anilines is 2. The van der Waals surface area contributed by atoms with Gasteiger partial charge >= 0.3 is 0 Å². The standard InChI is InChI=1S/C18H16ClN3O2S/c19-13-3-6-15-16(11-13)25-18(20-15)21-17(23)12-1-4-14(5-2-12)22-7-9-24-10-8-22/h1-6,11H,7-10H2,(H,20,21,23). The van der Waals surface area contributed by atoms with Crippen LogP contribution >= 0.6 is 22.9 Å². The second-order valence-electron chi connectivity index (χ2n) is 5.73. The van der Waals surface area contributed by atoms with Crippen molar-refractivity contribution in [3.05, 3.63) is 53.1 Å². The van der Waals surface area contributed by atoms with Crippen LogP contribution in [0, 0.1) is 0 Å². The number of rotatable bonds is 3. The van der Waals surface area contributed by atoms with Gasteiger partial charge in [0.2, 0.25) is 0 Å². The first-order chi connectivity index (χ1) is 12.2. The Balaban J connectivity index is 1.48. The van der Waals surface area contributed by atoms with E-state index in [0.717, 1.165) is 42.2 Å². The van der Waals surface area contributed by atoms with Gasteiger partial charge in [-0.3, -0.25) is 10.1 Å². The van der Waals surface area contributed by atoms with E-state index in [2.05, 4.69) is 15.2 Å². The monoisotopic (exact) mass is 373 g/mol. The van der Waals surface area contributed by atoms with E-state index in [-0.39, 0.29) is 5.91 Å². The molecule has 7 heteroatoms. The van der Waals surface area contributed by atoms with Crippen LogP contribution in [0.3, 0.4) is 0 Å². The van der Waals surface area contributed by atoms with E-state index < -0.39 is 0 Å². The summed E-state index contributed by atoms with van der Waals surface area (Å²) in [5.74, 6) is -0.168. The molecule has 2 aromatic carbocycles. The summed E-state index contributed by atoms with van der Waals surface area (Å²) in [5, 5.41) is 4.09. The van der Waals surface area contributed by atoms with Gasteiger partial charge in [0.1, 0.15) is 0 Å². The Morgan fingerprint density at radius 3 is 2.68 bits per heavy atom. The van der Waals surface area contributed by atoms with Crippen molar-refractivity contribution in [3.8, 4) is 0 Å². The van der Waals surface area contributed by atoms with Crippen molar-refractivity contribution in [1.29, 1.82) is 0 Å². The third-order valence-electron chi connectivity index (χ3n) is 4.08. The van der Waals surface area contributed by atoms with Gasteiger partial charge in [-0.15, -0.1) is 0 Å². The van der Waals surface area contributed by atoms with Crippen LogP contribution in [0.5, 0.6) is 0 Å². The fourth-order valence-corrected chi connectivity index (χ4v) is 3.90. The highest BCUT2D eigenvalue weighted by molar-refractivity contribution is 7.22. The molecule has 1 aliphatic heterocycles. The van der Waals surface area contributed by atoms with Crippen molar-refractivity contribution < 1.29 is 9.53 Å². The van der Waals surface area contributed by atoms with Crippen molar-refractivity contribution in [2.24, 2.45) is 0 Å². The zero-order valence-corrected chi connectivity index (χ0v) is 14.9. The average Bonchev–Trinajstić information content (AvgIpc) is 3.04. The first-order valence-electron chi connectivity index (χ1n) is 7.99. The molecule has 1 amide bonds. The maximum Gasteiger partial charge on any atom is 0.257 e. The van der Waals surface area contributed by atoms with Gasteiger partial charge in [-0.2, -0.15) is 0 Å². The third-order valence-corrected chi connectivity index (χ3v) is 5.25. The number of fused-ring (bicyclic) bond motifs is 1. The lowest BCUT2D eigenvalue weighted by molar-refractivity contribution is 0.102. The number of nitrogens with one attached hydrogen (secondary N) is 1. The molecule has 25 heavy (non-hydrogen) atoms. The van der Waals surface area contributed by atoms with Gasteiger partial charge in [-0.05, 0) is 42.5 Å². The molecule has 1 fully saturated rings. The van der Waals surface area contributed by atoms with E-state index in [1.54, 1.807) is 6.07 Å². The number of halogens is 1. The van der Waals surface area contributed by atoms with Crippen LogP contribution in [-0.4, -0.2) is 37.2 Å². The number of morpholine rings is 1. The molecule has 4 rings (SSSR count). The topological polar surface area (TPSA) is 54.5 Å². The number of hydrogen-bond acceptors (Lipinski definition) is 5. The fraction of sp³-hybridized carbons (Fsp3) is 0.222. The van der Waals surface area contributed by atoms with E-state index in [1.807, 2.05) is 36.4 Å². The minimum atomic E-state index is -0.168. The molecule has 1 N–H and O–H groups in total. The van der Waals surface area contributed by atoms with Gasteiger partial charge in [0, 0.05) is 29.4 Å². The maximum absolute atomic E-state index is 12.4. The fourth-order valence-electron chi connectivity index (χ4n) is 2.77. The van der Waals surface area contributed by atoms with Gasteiger partial charge in [-0.25, -0.2) is 4.98 Å². The molecule has 1 aliphatic rings. The largest absolute Gasteiger partial charge is 0.378 e. The predicted molar refractivity (Wildman–Crippen MR) is 102 cm³/mol. The molecule has 1 aromatic heterocycles. The number of carbonyl (C=O) groups excluding carboxylic acids is 1. The Hall–Kier alpha value is -2.15. The number of ether oxygens (including phenoxy) is 1. The van der Waals surface area contributed by atoms with Crippen molar-refractivity contribution in [3.63, 3.8) is 0 Å². The second-order valence-corrected chi connectivity index (χ2v) is 7.20. The van der Waals surface area contributed by atoms with Crippen LogP contribution in [0.25, 0.3) is 10.2 Å².